The van der Waals surface area contributed by atoms with E-state index in [4.69, 9.17) is 12.2 Å². The minimum Gasteiger partial charge on any atom is -0.345 e. The maximum Gasteiger partial charge on any atom is 0.259 e. The highest BCUT2D eigenvalue weighted by molar-refractivity contribution is 7.71. The summed E-state index contributed by atoms with van der Waals surface area (Å²) in [5.41, 5.74) is 3.30. The van der Waals surface area contributed by atoms with Crippen molar-refractivity contribution in [2.75, 3.05) is 0 Å². The summed E-state index contributed by atoms with van der Waals surface area (Å²) in [6, 6.07) is 13.2. The van der Waals surface area contributed by atoms with Crippen LogP contribution in [0.1, 0.15) is 40.4 Å². The van der Waals surface area contributed by atoms with Gasteiger partial charge in [0.15, 0.2) is 4.77 Å². The van der Waals surface area contributed by atoms with E-state index in [0.29, 0.717) is 16.5 Å². The molecule has 2 aromatic carbocycles. The Kier molecular flexibility index (Phi) is 3.97. The van der Waals surface area contributed by atoms with Crippen molar-refractivity contribution in [3.05, 3.63) is 74.3 Å². The molecule has 4 rings (SSSR count). The van der Waals surface area contributed by atoms with Gasteiger partial charge in [0, 0.05) is 5.56 Å². The minimum atomic E-state index is -0.257. The third-order valence-electron chi connectivity index (χ3n) is 4.68. The third-order valence-corrected chi connectivity index (χ3v) is 4.88. The summed E-state index contributed by atoms with van der Waals surface area (Å²) in [6.07, 6.45) is 3.04. The number of nitrogens with one attached hydrogen (secondary N) is 3. The van der Waals surface area contributed by atoms with Gasteiger partial charge in [-0.25, -0.2) is 0 Å². The van der Waals surface area contributed by atoms with Crippen molar-refractivity contribution in [1.82, 2.24) is 15.3 Å². The Bertz CT molecular complexity index is 1080. The Morgan fingerprint density at radius 3 is 2.88 bits per heavy atom. The average molecular weight is 351 g/mol. The highest BCUT2D eigenvalue weighted by atomic mass is 32.1. The van der Waals surface area contributed by atoms with E-state index in [1.165, 1.54) is 11.1 Å². The molecule has 3 aromatic rings. The van der Waals surface area contributed by atoms with E-state index in [1.54, 1.807) is 18.2 Å². The molecule has 1 aliphatic rings. The summed E-state index contributed by atoms with van der Waals surface area (Å²) in [6.45, 7) is 0. The molecule has 1 heterocycles. The lowest BCUT2D eigenvalue weighted by atomic mass is 9.87. The van der Waals surface area contributed by atoms with Gasteiger partial charge in [-0.1, -0.05) is 24.3 Å². The predicted molar refractivity (Wildman–Crippen MR) is 99.3 cm³/mol. The Morgan fingerprint density at radius 1 is 1.16 bits per heavy atom. The fourth-order valence-electron chi connectivity index (χ4n) is 3.46. The van der Waals surface area contributed by atoms with Gasteiger partial charge in [-0.05, 0) is 60.8 Å². The number of hydrogen-bond acceptors (Lipinski definition) is 3. The van der Waals surface area contributed by atoms with Crippen LogP contribution in [0, 0.1) is 4.77 Å². The molecule has 0 radical (unpaired) electrons. The zero-order valence-corrected chi connectivity index (χ0v) is 14.3. The number of fused-ring (bicyclic) bond motifs is 2. The van der Waals surface area contributed by atoms with Crippen LogP contribution in [0.2, 0.25) is 0 Å². The first-order chi connectivity index (χ1) is 12.1. The fourth-order valence-corrected chi connectivity index (χ4v) is 3.66. The van der Waals surface area contributed by atoms with Gasteiger partial charge >= 0.3 is 0 Å². The molecular weight excluding hydrogens is 334 g/mol. The Morgan fingerprint density at radius 2 is 2.00 bits per heavy atom. The zero-order chi connectivity index (χ0) is 17.4. The van der Waals surface area contributed by atoms with Gasteiger partial charge in [-0.15, -0.1) is 0 Å². The van der Waals surface area contributed by atoms with E-state index in [-0.39, 0.29) is 22.3 Å². The molecule has 0 saturated heterocycles. The molecule has 0 saturated carbocycles. The van der Waals surface area contributed by atoms with Crippen molar-refractivity contribution in [1.29, 1.82) is 0 Å². The molecule has 126 valence electrons. The zero-order valence-electron chi connectivity index (χ0n) is 13.5. The van der Waals surface area contributed by atoms with Gasteiger partial charge in [-0.3, -0.25) is 14.6 Å². The summed E-state index contributed by atoms with van der Waals surface area (Å²) < 4.78 is 0.247. The van der Waals surface area contributed by atoms with E-state index in [2.05, 4.69) is 27.4 Å². The molecule has 0 aliphatic heterocycles. The van der Waals surface area contributed by atoms with E-state index in [9.17, 15) is 9.59 Å². The van der Waals surface area contributed by atoms with Crippen LogP contribution in [0.4, 0.5) is 0 Å². The maximum absolute atomic E-state index is 12.7. The van der Waals surface area contributed by atoms with E-state index in [1.807, 2.05) is 12.1 Å². The van der Waals surface area contributed by atoms with Crippen LogP contribution in [0.3, 0.4) is 0 Å². The smallest absolute Gasteiger partial charge is 0.259 e. The van der Waals surface area contributed by atoms with Crippen LogP contribution in [-0.4, -0.2) is 15.9 Å². The molecule has 0 unspecified atom stereocenters. The number of rotatable bonds is 2. The number of aryl methyl sites for hydroxylation is 1. The summed E-state index contributed by atoms with van der Waals surface area (Å²) in [7, 11) is 0. The Hall–Kier alpha value is -2.73. The van der Waals surface area contributed by atoms with Crippen molar-refractivity contribution >= 4 is 29.0 Å². The summed E-state index contributed by atoms with van der Waals surface area (Å²) in [5, 5.41) is 3.60. The highest BCUT2D eigenvalue weighted by Gasteiger charge is 2.22. The van der Waals surface area contributed by atoms with Gasteiger partial charge in [0.2, 0.25) is 0 Å². The van der Waals surface area contributed by atoms with Crippen LogP contribution in [0.15, 0.2) is 47.3 Å². The minimum absolute atomic E-state index is 0.0193. The van der Waals surface area contributed by atoms with E-state index >= 15 is 0 Å². The normalized spacial score (nSPS) is 16.4. The molecule has 1 aliphatic carbocycles. The van der Waals surface area contributed by atoms with E-state index < -0.39 is 0 Å². The van der Waals surface area contributed by atoms with E-state index in [0.717, 1.165) is 19.3 Å². The second-order valence-electron chi connectivity index (χ2n) is 6.29. The standard InChI is InChI=1S/C19H17N3O2S/c23-17(20-15-7-3-5-11-4-1-2-6-13(11)15)12-8-9-14-16(10-12)21-19(25)22-18(14)24/h1-2,4,6,8-10,15H,3,5,7H2,(H,20,23)(H2,21,22,24,25)/t15-/m0/s1. The largest absolute Gasteiger partial charge is 0.345 e. The topological polar surface area (TPSA) is 77.8 Å². The van der Waals surface area contributed by atoms with Gasteiger partial charge in [0.1, 0.15) is 0 Å². The average Bonchev–Trinajstić information content (AvgIpc) is 2.61. The first-order valence-electron chi connectivity index (χ1n) is 8.27. The quantitative estimate of drug-likeness (QED) is 0.619. The van der Waals surface area contributed by atoms with Gasteiger partial charge < -0.3 is 10.3 Å². The summed E-state index contributed by atoms with van der Waals surface area (Å²) in [5.74, 6) is -0.150. The predicted octanol–water partition coefficient (Wildman–Crippen LogP) is 3.39. The molecule has 1 atom stereocenters. The van der Waals surface area contributed by atoms with Crippen molar-refractivity contribution < 1.29 is 4.79 Å². The van der Waals surface area contributed by atoms with Gasteiger partial charge in [-0.2, -0.15) is 0 Å². The van der Waals surface area contributed by atoms with Crippen LogP contribution < -0.4 is 10.9 Å². The Balaban J connectivity index is 1.65. The van der Waals surface area contributed by atoms with Crippen molar-refractivity contribution in [3.8, 4) is 0 Å². The summed E-state index contributed by atoms with van der Waals surface area (Å²) in [4.78, 5) is 30.1. The molecule has 0 bridgehead atoms. The molecule has 1 amide bonds. The van der Waals surface area contributed by atoms with Crippen LogP contribution in [0.25, 0.3) is 10.9 Å². The SMILES string of the molecule is O=C(N[C@H]1CCCc2ccccc21)c1ccc2c(=O)[nH]c(=S)[nH]c2c1. The van der Waals surface area contributed by atoms with Crippen molar-refractivity contribution in [2.45, 2.75) is 25.3 Å². The number of benzene rings is 2. The number of aromatic amines is 2. The first-order valence-corrected chi connectivity index (χ1v) is 8.68. The lowest BCUT2D eigenvalue weighted by Gasteiger charge is -2.26. The van der Waals surface area contributed by atoms with Crippen molar-refractivity contribution in [3.63, 3.8) is 0 Å². The molecule has 1 aromatic heterocycles. The Labute approximate surface area is 149 Å². The van der Waals surface area contributed by atoms with Crippen molar-refractivity contribution in [2.24, 2.45) is 0 Å². The molecule has 3 N–H and O–H groups in total. The van der Waals surface area contributed by atoms with Crippen LogP contribution >= 0.6 is 12.2 Å². The van der Waals surface area contributed by atoms with Gasteiger partial charge in [0.05, 0.1) is 16.9 Å². The maximum atomic E-state index is 12.7. The molecule has 25 heavy (non-hydrogen) atoms. The first kappa shape index (κ1) is 15.8. The number of aromatic nitrogens is 2. The molecular formula is C19H17N3O2S. The lowest BCUT2D eigenvalue weighted by molar-refractivity contribution is 0.0933. The number of H-pyrrole nitrogens is 2. The fraction of sp³-hybridized carbons (Fsp3) is 0.211. The number of amides is 1. The van der Waals surface area contributed by atoms with Gasteiger partial charge in [0.25, 0.3) is 11.5 Å². The number of hydrogen-bond donors (Lipinski definition) is 3. The second kappa shape index (κ2) is 6.29. The van der Waals surface area contributed by atoms with Crippen LogP contribution in [-0.2, 0) is 6.42 Å². The lowest BCUT2D eigenvalue weighted by Crippen LogP contribution is -2.31. The molecule has 5 nitrogen and oxygen atoms in total. The van der Waals surface area contributed by atoms with Crippen LogP contribution in [0.5, 0.6) is 0 Å². The molecule has 6 heteroatoms. The molecule has 0 fully saturated rings. The molecule has 0 spiro atoms. The summed E-state index contributed by atoms with van der Waals surface area (Å²) >= 11 is 5.00. The number of carbonyl (C=O) groups excluding carboxylic acids is 1. The highest BCUT2D eigenvalue weighted by Crippen LogP contribution is 2.29. The third kappa shape index (κ3) is 3.00. The monoisotopic (exact) mass is 351 g/mol. The number of carbonyl (C=O) groups is 1. The second-order valence-corrected chi connectivity index (χ2v) is 6.69.